The molecule has 0 saturated heterocycles. The van der Waals surface area contributed by atoms with Gasteiger partial charge >= 0.3 is 0 Å². The molecule has 0 atom stereocenters. The number of hydrogen-bond donors (Lipinski definition) is 2. The summed E-state index contributed by atoms with van der Waals surface area (Å²) in [5.74, 6) is -0.276. The van der Waals surface area contributed by atoms with Gasteiger partial charge in [0.2, 0.25) is 0 Å². The number of fused-ring (bicyclic) bond motifs is 1. The van der Waals surface area contributed by atoms with Crippen LogP contribution < -0.4 is 0 Å². The lowest BCUT2D eigenvalue weighted by Crippen LogP contribution is -1.70. The number of benzene rings is 1. The fraction of sp³-hybridized carbons (Fsp3) is 0. The van der Waals surface area contributed by atoms with E-state index in [0.717, 1.165) is 4.70 Å². The van der Waals surface area contributed by atoms with E-state index in [0.29, 0.717) is 10.4 Å². The molecule has 2 nitrogen and oxygen atoms in total. The van der Waals surface area contributed by atoms with Crippen LogP contribution in [0.25, 0.3) is 10.1 Å². The molecule has 0 saturated carbocycles. The van der Waals surface area contributed by atoms with E-state index in [-0.39, 0.29) is 11.5 Å². The lowest BCUT2D eigenvalue weighted by atomic mass is 10.2. The smallest absolute Gasteiger partial charge is 0.166 e. The number of aromatic hydroxyl groups is 2. The SMILES string of the molecule is Oc1cc(Cl)c2sccc2c1O. The van der Waals surface area contributed by atoms with Crippen molar-refractivity contribution in [1.29, 1.82) is 0 Å². The van der Waals surface area contributed by atoms with Gasteiger partial charge in [-0.1, -0.05) is 11.6 Å². The highest BCUT2D eigenvalue weighted by molar-refractivity contribution is 7.18. The number of hydrogen-bond acceptors (Lipinski definition) is 3. The van der Waals surface area contributed by atoms with E-state index in [1.807, 2.05) is 5.38 Å². The summed E-state index contributed by atoms with van der Waals surface area (Å²) in [7, 11) is 0. The number of rotatable bonds is 0. The highest BCUT2D eigenvalue weighted by atomic mass is 35.5. The molecule has 62 valence electrons. The van der Waals surface area contributed by atoms with Crippen molar-refractivity contribution in [1.82, 2.24) is 0 Å². The maximum Gasteiger partial charge on any atom is 0.166 e. The second-order valence-electron chi connectivity index (χ2n) is 2.39. The third-order valence-electron chi connectivity index (χ3n) is 1.64. The van der Waals surface area contributed by atoms with Crippen molar-refractivity contribution in [2.75, 3.05) is 0 Å². The van der Waals surface area contributed by atoms with Gasteiger partial charge in [0.1, 0.15) is 0 Å². The number of halogens is 1. The Bertz CT molecular complexity index is 436. The van der Waals surface area contributed by atoms with Crippen LogP contribution in [0.3, 0.4) is 0 Å². The van der Waals surface area contributed by atoms with Gasteiger partial charge in [0.15, 0.2) is 11.5 Å². The lowest BCUT2D eigenvalue weighted by molar-refractivity contribution is 0.408. The topological polar surface area (TPSA) is 40.5 Å². The van der Waals surface area contributed by atoms with Gasteiger partial charge in [0.05, 0.1) is 9.72 Å². The summed E-state index contributed by atoms with van der Waals surface area (Å²) in [6.45, 7) is 0. The maximum atomic E-state index is 9.37. The molecule has 4 heteroatoms. The predicted molar refractivity (Wildman–Crippen MR) is 50.2 cm³/mol. The Labute approximate surface area is 77.6 Å². The first-order valence-corrected chi connectivity index (χ1v) is 4.53. The van der Waals surface area contributed by atoms with E-state index in [4.69, 9.17) is 11.6 Å². The van der Waals surface area contributed by atoms with Crippen molar-refractivity contribution >= 4 is 33.0 Å². The molecular weight excluding hydrogens is 196 g/mol. The molecule has 0 spiro atoms. The summed E-state index contributed by atoms with van der Waals surface area (Å²) in [6.07, 6.45) is 0. The van der Waals surface area contributed by atoms with Gasteiger partial charge < -0.3 is 10.2 Å². The van der Waals surface area contributed by atoms with E-state index >= 15 is 0 Å². The van der Waals surface area contributed by atoms with Crippen LogP contribution in [0, 0.1) is 0 Å². The number of phenols is 2. The van der Waals surface area contributed by atoms with Gasteiger partial charge in [0.25, 0.3) is 0 Å². The average Bonchev–Trinajstić information content (AvgIpc) is 2.48. The number of phenolic OH excluding ortho intramolecular Hbond substituents is 2. The molecule has 2 rings (SSSR count). The predicted octanol–water partition coefficient (Wildman–Crippen LogP) is 2.97. The molecule has 0 aliphatic carbocycles. The van der Waals surface area contributed by atoms with E-state index in [9.17, 15) is 10.2 Å². The fourth-order valence-electron chi connectivity index (χ4n) is 1.07. The summed E-state index contributed by atoms with van der Waals surface area (Å²) in [5, 5.41) is 21.4. The van der Waals surface area contributed by atoms with Crippen molar-refractivity contribution in [3.05, 3.63) is 22.5 Å². The van der Waals surface area contributed by atoms with E-state index in [1.165, 1.54) is 17.4 Å². The Kier molecular flexibility index (Phi) is 1.63. The first kappa shape index (κ1) is 7.71. The highest BCUT2D eigenvalue weighted by Crippen LogP contribution is 2.40. The Morgan fingerprint density at radius 1 is 1.33 bits per heavy atom. The first-order chi connectivity index (χ1) is 5.70. The van der Waals surface area contributed by atoms with Crippen LogP contribution in [0.5, 0.6) is 11.5 Å². The molecule has 1 aromatic carbocycles. The minimum atomic E-state index is -0.175. The van der Waals surface area contributed by atoms with Gasteiger partial charge in [0, 0.05) is 11.5 Å². The molecule has 2 N–H and O–H groups in total. The molecule has 0 aliphatic heterocycles. The average molecular weight is 201 g/mol. The second kappa shape index (κ2) is 2.54. The van der Waals surface area contributed by atoms with E-state index in [2.05, 4.69) is 0 Å². The monoisotopic (exact) mass is 200 g/mol. The van der Waals surface area contributed by atoms with Crippen LogP contribution >= 0.6 is 22.9 Å². The normalized spacial score (nSPS) is 10.8. The van der Waals surface area contributed by atoms with Crippen LogP contribution in [0.4, 0.5) is 0 Å². The molecule has 0 bridgehead atoms. The first-order valence-electron chi connectivity index (χ1n) is 3.28. The Balaban J connectivity index is 2.97. The van der Waals surface area contributed by atoms with Crippen LogP contribution in [-0.2, 0) is 0 Å². The zero-order chi connectivity index (χ0) is 8.72. The molecule has 0 fully saturated rings. The van der Waals surface area contributed by atoms with Gasteiger partial charge in [-0.3, -0.25) is 0 Å². The van der Waals surface area contributed by atoms with Gasteiger partial charge in [-0.25, -0.2) is 0 Å². The van der Waals surface area contributed by atoms with Crippen molar-refractivity contribution in [3.63, 3.8) is 0 Å². The molecule has 1 heterocycles. The van der Waals surface area contributed by atoms with E-state index in [1.54, 1.807) is 6.07 Å². The zero-order valence-electron chi connectivity index (χ0n) is 5.91. The van der Waals surface area contributed by atoms with E-state index < -0.39 is 0 Å². The van der Waals surface area contributed by atoms with Crippen LogP contribution in [-0.4, -0.2) is 10.2 Å². The van der Waals surface area contributed by atoms with Gasteiger partial charge in [-0.05, 0) is 11.4 Å². The van der Waals surface area contributed by atoms with Crippen molar-refractivity contribution in [2.24, 2.45) is 0 Å². The van der Waals surface area contributed by atoms with Crippen LogP contribution in [0.2, 0.25) is 5.02 Å². The van der Waals surface area contributed by atoms with Crippen LogP contribution in [0.1, 0.15) is 0 Å². The third-order valence-corrected chi connectivity index (χ3v) is 3.00. The quantitative estimate of drug-likeness (QED) is 0.642. The Hall–Kier alpha value is -0.930. The molecule has 0 aliphatic rings. The standard InChI is InChI=1S/C8H5ClO2S/c9-5-3-6(10)7(11)4-1-2-12-8(4)5/h1-3,10-11H. The fourth-order valence-corrected chi connectivity index (χ4v) is 2.21. The van der Waals surface area contributed by atoms with Gasteiger partial charge in [-0.2, -0.15) is 0 Å². The van der Waals surface area contributed by atoms with Crippen molar-refractivity contribution in [2.45, 2.75) is 0 Å². The lowest BCUT2D eigenvalue weighted by Gasteiger charge is -1.99. The van der Waals surface area contributed by atoms with Crippen molar-refractivity contribution < 1.29 is 10.2 Å². The molecule has 0 unspecified atom stereocenters. The minimum absolute atomic E-state index is 0.101. The molecule has 1 aromatic heterocycles. The van der Waals surface area contributed by atoms with Crippen molar-refractivity contribution in [3.8, 4) is 11.5 Å². The third kappa shape index (κ3) is 0.940. The molecular formula is C8H5ClO2S. The summed E-state index contributed by atoms with van der Waals surface area (Å²) in [4.78, 5) is 0. The second-order valence-corrected chi connectivity index (χ2v) is 3.71. The molecule has 0 radical (unpaired) electrons. The van der Waals surface area contributed by atoms with Gasteiger partial charge in [-0.15, -0.1) is 11.3 Å². The molecule has 0 amide bonds. The number of thiophene rings is 1. The Morgan fingerprint density at radius 3 is 2.83 bits per heavy atom. The largest absolute Gasteiger partial charge is 0.504 e. The molecule has 12 heavy (non-hydrogen) atoms. The highest BCUT2D eigenvalue weighted by Gasteiger charge is 2.09. The summed E-state index contributed by atoms with van der Waals surface area (Å²) >= 11 is 7.25. The molecule has 2 aromatic rings. The van der Waals surface area contributed by atoms with Crippen LogP contribution in [0.15, 0.2) is 17.5 Å². The zero-order valence-corrected chi connectivity index (χ0v) is 7.49. The summed E-state index contributed by atoms with van der Waals surface area (Å²) in [5.41, 5.74) is 0. The summed E-state index contributed by atoms with van der Waals surface area (Å²) in [6, 6.07) is 3.07. The summed E-state index contributed by atoms with van der Waals surface area (Å²) < 4.78 is 0.798. The minimum Gasteiger partial charge on any atom is -0.504 e. The maximum absolute atomic E-state index is 9.37. The Morgan fingerprint density at radius 2 is 2.08 bits per heavy atom.